The zero-order chi connectivity index (χ0) is 22.8. The first-order valence-corrected chi connectivity index (χ1v) is 12.0. The highest BCUT2D eigenvalue weighted by Crippen LogP contribution is 2.13. The fourth-order valence-corrected chi connectivity index (χ4v) is 4.12. The Morgan fingerprint density at radius 2 is 1.69 bits per heavy atom. The SMILES string of the molecule is CCNC(=NCc1ccc(CN2CCN(C)CC2)cc1)NC1CCN(C(=O)OCC)CC1. The zero-order valence-electron chi connectivity index (χ0n) is 20.0. The fourth-order valence-electron chi connectivity index (χ4n) is 4.12. The van der Waals surface area contributed by atoms with Crippen molar-refractivity contribution < 1.29 is 9.53 Å². The number of benzene rings is 1. The van der Waals surface area contributed by atoms with E-state index >= 15 is 0 Å². The molecule has 2 aliphatic heterocycles. The van der Waals surface area contributed by atoms with Gasteiger partial charge in [-0.3, -0.25) is 4.90 Å². The van der Waals surface area contributed by atoms with Crippen LogP contribution in [0.15, 0.2) is 29.3 Å². The third kappa shape index (κ3) is 7.67. The van der Waals surface area contributed by atoms with Crippen LogP contribution in [-0.4, -0.2) is 92.3 Å². The lowest BCUT2D eigenvalue weighted by Crippen LogP contribution is -2.49. The van der Waals surface area contributed by atoms with Crippen LogP contribution in [0.4, 0.5) is 4.79 Å². The first-order chi connectivity index (χ1) is 15.6. The van der Waals surface area contributed by atoms with Crippen LogP contribution in [0.25, 0.3) is 0 Å². The lowest BCUT2D eigenvalue weighted by atomic mass is 10.1. The van der Waals surface area contributed by atoms with Crippen molar-refractivity contribution in [3.05, 3.63) is 35.4 Å². The Morgan fingerprint density at radius 3 is 2.31 bits per heavy atom. The number of carbonyl (C=O) groups is 1. The van der Waals surface area contributed by atoms with Gasteiger partial charge in [-0.05, 0) is 44.9 Å². The van der Waals surface area contributed by atoms with Crippen molar-refractivity contribution in [2.75, 3.05) is 59.5 Å². The standard InChI is InChI=1S/C24H40N6O2/c1-4-25-23(27-22-10-12-30(13-11-22)24(31)32-5-2)26-18-20-6-8-21(9-7-20)19-29-16-14-28(3)15-17-29/h6-9,22H,4-5,10-19H2,1-3H3,(H2,25,26,27). The molecule has 0 aromatic heterocycles. The number of hydrogen-bond acceptors (Lipinski definition) is 5. The van der Waals surface area contributed by atoms with Crippen molar-refractivity contribution in [1.82, 2.24) is 25.3 Å². The van der Waals surface area contributed by atoms with Crippen molar-refractivity contribution in [2.45, 2.75) is 45.8 Å². The molecule has 0 bridgehead atoms. The van der Waals surface area contributed by atoms with E-state index in [1.807, 2.05) is 6.92 Å². The monoisotopic (exact) mass is 444 g/mol. The Labute approximate surface area is 193 Å². The van der Waals surface area contributed by atoms with Gasteiger partial charge in [0.25, 0.3) is 0 Å². The second kappa shape index (κ2) is 12.6. The van der Waals surface area contributed by atoms with Crippen LogP contribution in [0.5, 0.6) is 0 Å². The molecule has 178 valence electrons. The van der Waals surface area contributed by atoms with Gasteiger partial charge in [-0.15, -0.1) is 0 Å². The molecule has 0 atom stereocenters. The van der Waals surface area contributed by atoms with E-state index in [9.17, 15) is 4.79 Å². The van der Waals surface area contributed by atoms with Gasteiger partial charge in [0.05, 0.1) is 13.2 Å². The highest BCUT2D eigenvalue weighted by atomic mass is 16.6. The third-order valence-corrected chi connectivity index (χ3v) is 6.15. The second-order valence-electron chi connectivity index (χ2n) is 8.70. The Kier molecular flexibility index (Phi) is 9.62. The number of hydrogen-bond donors (Lipinski definition) is 2. The van der Waals surface area contributed by atoms with E-state index in [0.717, 1.165) is 58.1 Å². The molecular formula is C24H40N6O2. The summed E-state index contributed by atoms with van der Waals surface area (Å²) >= 11 is 0. The van der Waals surface area contributed by atoms with Gasteiger partial charge in [0.15, 0.2) is 5.96 Å². The third-order valence-electron chi connectivity index (χ3n) is 6.15. The number of piperidine rings is 1. The van der Waals surface area contributed by atoms with Crippen molar-refractivity contribution >= 4 is 12.1 Å². The lowest BCUT2D eigenvalue weighted by molar-refractivity contribution is 0.0963. The molecule has 2 heterocycles. The number of nitrogens with one attached hydrogen (secondary N) is 2. The Balaban J connectivity index is 1.47. The molecule has 1 aromatic rings. The minimum atomic E-state index is -0.206. The zero-order valence-corrected chi connectivity index (χ0v) is 20.0. The number of carbonyl (C=O) groups excluding carboxylic acids is 1. The maximum atomic E-state index is 11.9. The molecule has 0 unspecified atom stereocenters. The van der Waals surface area contributed by atoms with Crippen LogP contribution < -0.4 is 10.6 Å². The van der Waals surface area contributed by atoms with Crippen LogP contribution in [-0.2, 0) is 17.8 Å². The van der Waals surface area contributed by atoms with Crippen molar-refractivity contribution in [3.63, 3.8) is 0 Å². The smallest absolute Gasteiger partial charge is 0.409 e. The summed E-state index contributed by atoms with van der Waals surface area (Å²) in [6, 6.07) is 9.15. The molecular weight excluding hydrogens is 404 g/mol. The first kappa shape index (κ1) is 24.3. The highest BCUT2D eigenvalue weighted by Gasteiger charge is 2.24. The van der Waals surface area contributed by atoms with Crippen LogP contribution >= 0.6 is 0 Å². The van der Waals surface area contributed by atoms with E-state index in [4.69, 9.17) is 9.73 Å². The average Bonchev–Trinajstić information content (AvgIpc) is 2.81. The number of likely N-dealkylation sites (N-methyl/N-ethyl adjacent to an activating group) is 1. The number of aliphatic imine (C=N–C) groups is 1. The van der Waals surface area contributed by atoms with Crippen molar-refractivity contribution in [3.8, 4) is 0 Å². The van der Waals surface area contributed by atoms with Crippen LogP contribution in [0.2, 0.25) is 0 Å². The summed E-state index contributed by atoms with van der Waals surface area (Å²) in [5.74, 6) is 0.837. The lowest BCUT2D eigenvalue weighted by Gasteiger charge is -2.32. The van der Waals surface area contributed by atoms with Gasteiger partial charge >= 0.3 is 6.09 Å². The molecule has 2 fully saturated rings. The number of rotatable bonds is 7. The molecule has 0 saturated carbocycles. The van der Waals surface area contributed by atoms with E-state index in [1.54, 1.807) is 4.90 Å². The molecule has 2 N–H and O–H groups in total. The Bertz CT molecular complexity index is 723. The predicted molar refractivity (Wildman–Crippen MR) is 129 cm³/mol. The van der Waals surface area contributed by atoms with E-state index in [-0.39, 0.29) is 6.09 Å². The van der Waals surface area contributed by atoms with Gasteiger partial charge in [-0.25, -0.2) is 9.79 Å². The maximum absolute atomic E-state index is 11.9. The summed E-state index contributed by atoms with van der Waals surface area (Å²) in [5.41, 5.74) is 2.57. The van der Waals surface area contributed by atoms with E-state index in [0.29, 0.717) is 32.3 Å². The number of guanidine groups is 1. The number of likely N-dealkylation sites (tertiary alicyclic amines) is 1. The molecule has 1 amide bonds. The van der Waals surface area contributed by atoms with Gasteiger partial charge in [-0.1, -0.05) is 24.3 Å². The van der Waals surface area contributed by atoms with Gasteiger partial charge < -0.3 is 25.2 Å². The normalized spacial score (nSPS) is 19.1. The van der Waals surface area contributed by atoms with Gasteiger partial charge in [0.1, 0.15) is 0 Å². The summed E-state index contributed by atoms with van der Waals surface area (Å²) in [5, 5.41) is 6.88. The minimum Gasteiger partial charge on any atom is -0.450 e. The van der Waals surface area contributed by atoms with Gasteiger partial charge in [-0.2, -0.15) is 0 Å². The van der Waals surface area contributed by atoms with Crippen LogP contribution in [0.3, 0.4) is 0 Å². The quantitative estimate of drug-likeness (QED) is 0.496. The van der Waals surface area contributed by atoms with Gasteiger partial charge in [0.2, 0.25) is 0 Å². The Hall–Kier alpha value is -2.32. The molecule has 0 spiro atoms. The molecule has 8 heteroatoms. The summed E-state index contributed by atoms with van der Waals surface area (Å²) in [6.07, 6.45) is 1.58. The maximum Gasteiger partial charge on any atom is 0.409 e. The van der Waals surface area contributed by atoms with Crippen molar-refractivity contribution in [1.29, 1.82) is 0 Å². The van der Waals surface area contributed by atoms with Crippen molar-refractivity contribution in [2.24, 2.45) is 4.99 Å². The molecule has 32 heavy (non-hydrogen) atoms. The summed E-state index contributed by atoms with van der Waals surface area (Å²) < 4.78 is 5.10. The molecule has 2 saturated heterocycles. The molecule has 0 aliphatic carbocycles. The topological polar surface area (TPSA) is 72.4 Å². The van der Waals surface area contributed by atoms with E-state index in [1.165, 1.54) is 11.1 Å². The Morgan fingerprint density at radius 1 is 1.03 bits per heavy atom. The average molecular weight is 445 g/mol. The molecule has 1 aromatic carbocycles. The largest absolute Gasteiger partial charge is 0.450 e. The number of amides is 1. The molecule has 3 rings (SSSR count). The van der Waals surface area contributed by atoms with E-state index < -0.39 is 0 Å². The molecule has 8 nitrogen and oxygen atoms in total. The van der Waals surface area contributed by atoms with Crippen LogP contribution in [0.1, 0.15) is 37.8 Å². The molecule has 0 radical (unpaired) electrons. The number of nitrogens with zero attached hydrogens (tertiary/aromatic N) is 4. The van der Waals surface area contributed by atoms with Gasteiger partial charge in [0, 0.05) is 58.4 Å². The van der Waals surface area contributed by atoms with E-state index in [2.05, 4.69) is 58.7 Å². The number of ether oxygens (including phenoxy) is 1. The fraction of sp³-hybridized carbons (Fsp3) is 0.667. The minimum absolute atomic E-state index is 0.206. The summed E-state index contributed by atoms with van der Waals surface area (Å²) in [7, 11) is 2.19. The number of piperazine rings is 1. The summed E-state index contributed by atoms with van der Waals surface area (Å²) in [6.45, 7) is 12.8. The summed E-state index contributed by atoms with van der Waals surface area (Å²) in [4.78, 5) is 23.4. The second-order valence-corrected chi connectivity index (χ2v) is 8.70. The predicted octanol–water partition coefficient (Wildman–Crippen LogP) is 2.11. The van der Waals surface area contributed by atoms with Crippen LogP contribution in [0, 0.1) is 0 Å². The first-order valence-electron chi connectivity index (χ1n) is 12.0. The highest BCUT2D eigenvalue weighted by molar-refractivity contribution is 5.80. The molecule has 2 aliphatic rings.